The Morgan fingerprint density at radius 1 is 1.44 bits per heavy atom. The first-order valence-corrected chi connectivity index (χ1v) is 9.37. The topological polar surface area (TPSA) is 55.8 Å². The highest BCUT2D eigenvalue weighted by atomic mass is 35.5. The van der Waals surface area contributed by atoms with E-state index in [9.17, 15) is 9.59 Å². The Balaban J connectivity index is 1.85. The molecule has 7 heteroatoms. The highest BCUT2D eigenvalue weighted by Gasteiger charge is 2.36. The lowest BCUT2D eigenvalue weighted by Crippen LogP contribution is -2.47. The fraction of sp³-hybridized carbons (Fsp3) is 0.444. The number of alkyl halides is 1. The van der Waals surface area contributed by atoms with Crippen LogP contribution in [0.25, 0.3) is 0 Å². The fourth-order valence-electron chi connectivity index (χ4n) is 3.23. The Kier molecular flexibility index (Phi) is 5.61. The van der Waals surface area contributed by atoms with Gasteiger partial charge in [-0.3, -0.25) is 9.69 Å². The van der Waals surface area contributed by atoms with Crippen LogP contribution in [0.4, 0.5) is 0 Å². The zero-order valence-corrected chi connectivity index (χ0v) is 15.7. The third kappa shape index (κ3) is 3.97. The molecule has 0 saturated carbocycles. The third-order valence-electron chi connectivity index (χ3n) is 4.35. The zero-order chi connectivity index (χ0) is 18.0. The van der Waals surface area contributed by atoms with Crippen LogP contribution in [0, 0.1) is 0 Å². The highest BCUT2D eigenvalue weighted by Crippen LogP contribution is 2.36. The van der Waals surface area contributed by atoms with E-state index in [4.69, 9.17) is 21.1 Å². The number of hydrogen-bond acceptors (Lipinski definition) is 6. The Bertz CT molecular complexity index is 739. The molecule has 0 aromatic carbocycles. The normalized spacial score (nSPS) is 21.2. The quantitative estimate of drug-likeness (QED) is 0.592. The van der Waals surface area contributed by atoms with Crippen LogP contribution in [0.2, 0.25) is 0 Å². The number of fused-ring (bicyclic) bond motifs is 1. The first-order valence-electron chi connectivity index (χ1n) is 8.12. The number of allylic oxidation sites excluding steroid dienone is 3. The first-order chi connectivity index (χ1) is 12.0. The van der Waals surface area contributed by atoms with Crippen molar-refractivity contribution < 1.29 is 19.1 Å². The lowest BCUT2D eigenvalue weighted by molar-refractivity contribution is -0.146. The number of esters is 2. The number of rotatable bonds is 4. The number of halogens is 1. The summed E-state index contributed by atoms with van der Waals surface area (Å²) in [5.74, 6) is -0.627. The van der Waals surface area contributed by atoms with E-state index in [1.165, 1.54) is 30.2 Å². The molecule has 3 rings (SSSR count). The van der Waals surface area contributed by atoms with E-state index in [0.29, 0.717) is 18.0 Å². The molecular formula is C18H20ClNO4S. The molecule has 134 valence electrons. The zero-order valence-electron chi connectivity index (χ0n) is 14.2. The third-order valence-corrected chi connectivity index (χ3v) is 5.90. The molecule has 2 unspecified atom stereocenters. The second-order valence-corrected chi connectivity index (χ2v) is 7.68. The van der Waals surface area contributed by atoms with Crippen molar-refractivity contribution in [3.8, 4) is 5.06 Å². The van der Waals surface area contributed by atoms with Crippen molar-refractivity contribution in [3.05, 3.63) is 40.3 Å². The Hall–Kier alpha value is -1.63. The minimum Gasteiger partial charge on any atom is -0.468 e. The van der Waals surface area contributed by atoms with Crippen molar-refractivity contribution in [1.82, 2.24) is 4.90 Å². The summed E-state index contributed by atoms with van der Waals surface area (Å²) in [6, 6.07) is 1.39. The van der Waals surface area contributed by atoms with Crippen LogP contribution in [0.15, 0.2) is 29.9 Å². The molecule has 1 aromatic heterocycles. The highest BCUT2D eigenvalue weighted by molar-refractivity contribution is 7.14. The lowest BCUT2D eigenvalue weighted by Gasteiger charge is -2.35. The average molecular weight is 382 g/mol. The van der Waals surface area contributed by atoms with Gasteiger partial charge in [0.25, 0.3) is 0 Å². The minimum atomic E-state index is -0.498. The Labute approximate surface area is 155 Å². The van der Waals surface area contributed by atoms with Crippen molar-refractivity contribution in [2.24, 2.45) is 0 Å². The molecule has 0 fully saturated rings. The van der Waals surface area contributed by atoms with Gasteiger partial charge in [-0.1, -0.05) is 18.2 Å². The van der Waals surface area contributed by atoms with Crippen molar-refractivity contribution in [3.63, 3.8) is 0 Å². The molecule has 0 N–H and O–H groups in total. The van der Waals surface area contributed by atoms with Crippen LogP contribution >= 0.6 is 22.9 Å². The summed E-state index contributed by atoms with van der Waals surface area (Å²) in [7, 11) is 1.40. The number of thiophene rings is 1. The molecule has 25 heavy (non-hydrogen) atoms. The van der Waals surface area contributed by atoms with E-state index in [1.54, 1.807) is 0 Å². The maximum absolute atomic E-state index is 12.5. The van der Waals surface area contributed by atoms with Gasteiger partial charge >= 0.3 is 11.9 Å². The SMILES string of the molecule is COC(=O)C(C1=CC=CCC1Cl)N1CCc2sc(OC(C)=O)cc2C1. The predicted molar refractivity (Wildman–Crippen MR) is 97.0 cm³/mol. The summed E-state index contributed by atoms with van der Waals surface area (Å²) >= 11 is 7.94. The van der Waals surface area contributed by atoms with Gasteiger partial charge in [0.1, 0.15) is 6.04 Å². The summed E-state index contributed by atoms with van der Waals surface area (Å²) in [5.41, 5.74) is 1.95. The molecule has 5 nitrogen and oxygen atoms in total. The summed E-state index contributed by atoms with van der Waals surface area (Å²) < 4.78 is 10.2. The van der Waals surface area contributed by atoms with Crippen LogP contribution in [0.3, 0.4) is 0 Å². The molecule has 0 amide bonds. The Morgan fingerprint density at radius 3 is 2.92 bits per heavy atom. The van der Waals surface area contributed by atoms with Crippen molar-refractivity contribution in [2.75, 3.05) is 13.7 Å². The van der Waals surface area contributed by atoms with Gasteiger partial charge in [-0.05, 0) is 30.0 Å². The van der Waals surface area contributed by atoms with Crippen LogP contribution in [0.1, 0.15) is 23.8 Å². The number of methoxy groups -OCH3 is 1. The van der Waals surface area contributed by atoms with E-state index >= 15 is 0 Å². The first kappa shape index (κ1) is 18.2. The van der Waals surface area contributed by atoms with Gasteiger partial charge in [0, 0.05) is 24.9 Å². The standard InChI is InChI=1S/C18H20ClNO4S/c1-11(21)24-16-9-12-10-20(8-7-15(12)25-16)17(18(22)23-2)13-5-3-4-6-14(13)19/h3-5,9,14,17H,6-8,10H2,1-2H3. The number of carbonyl (C=O) groups excluding carboxylic acids is 2. The summed E-state index contributed by atoms with van der Waals surface area (Å²) in [5, 5.41) is 0.388. The Morgan fingerprint density at radius 2 is 2.24 bits per heavy atom. The van der Waals surface area contributed by atoms with Gasteiger partial charge in [0.05, 0.1) is 12.5 Å². The van der Waals surface area contributed by atoms with Crippen LogP contribution in [-0.4, -0.2) is 41.9 Å². The molecule has 0 bridgehead atoms. The number of carbonyl (C=O) groups is 2. The maximum atomic E-state index is 12.5. The largest absolute Gasteiger partial charge is 0.468 e. The molecule has 2 heterocycles. The van der Waals surface area contributed by atoms with Gasteiger partial charge < -0.3 is 9.47 Å². The molecule has 1 aliphatic heterocycles. The summed E-state index contributed by atoms with van der Waals surface area (Å²) in [6.45, 7) is 2.71. The predicted octanol–water partition coefficient (Wildman–Crippen LogP) is 3.07. The number of ether oxygens (including phenoxy) is 2. The van der Waals surface area contributed by atoms with E-state index in [0.717, 1.165) is 24.1 Å². The second kappa shape index (κ2) is 7.72. The minimum absolute atomic E-state index is 0.213. The van der Waals surface area contributed by atoms with Crippen molar-refractivity contribution in [2.45, 2.75) is 37.7 Å². The van der Waals surface area contributed by atoms with Crippen molar-refractivity contribution >= 4 is 34.9 Å². The molecule has 1 aromatic rings. The summed E-state index contributed by atoms with van der Waals surface area (Å²) in [4.78, 5) is 26.9. The van der Waals surface area contributed by atoms with E-state index in [1.807, 2.05) is 24.3 Å². The number of hydrogen-bond donors (Lipinski definition) is 0. The van der Waals surface area contributed by atoms with E-state index in [2.05, 4.69) is 4.90 Å². The molecule has 0 radical (unpaired) electrons. The average Bonchev–Trinajstić information content (AvgIpc) is 2.97. The van der Waals surface area contributed by atoms with Crippen LogP contribution in [-0.2, 0) is 27.3 Å². The second-order valence-electron chi connectivity index (χ2n) is 6.05. The molecule has 2 aliphatic rings. The van der Waals surface area contributed by atoms with Gasteiger partial charge in [-0.2, -0.15) is 0 Å². The van der Waals surface area contributed by atoms with Crippen molar-refractivity contribution in [1.29, 1.82) is 0 Å². The molecule has 1 aliphatic carbocycles. The van der Waals surface area contributed by atoms with E-state index < -0.39 is 6.04 Å². The van der Waals surface area contributed by atoms with Gasteiger partial charge in [0.2, 0.25) is 0 Å². The molecular weight excluding hydrogens is 362 g/mol. The van der Waals surface area contributed by atoms with Gasteiger partial charge in [0.15, 0.2) is 5.06 Å². The molecule has 0 saturated heterocycles. The monoisotopic (exact) mass is 381 g/mol. The van der Waals surface area contributed by atoms with Crippen LogP contribution < -0.4 is 4.74 Å². The lowest BCUT2D eigenvalue weighted by atomic mass is 9.94. The fourth-order valence-corrected chi connectivity index (χ4v) is 4.57. The van der Waals surface area contributed by atoms with Gasteiger partial charge in [-0.25, -0.2) is 4.79 Å². The van der Waals surface area contributed by atoms with E-state index in [-0.39, 0.29) is 17.3 Å². The smallest absolute Gasteiger partial charge is 0.327 e. The molecule has 0 spiro atoms. The number of nitrogens with zero attached hydrogens (tertiary/aromatic N) is 1. The van der Waals surface area contributed by atoms with Gasteiger partial charge in [-0.15, -0.1) is 22.9 Å². The maximum Gasteiger partial charge on any atom is 0.327 e. The summed E-state index contributed by atoms with van der Waals surface area (Å²) in [6.07, 6.45) is 7.34. The van der Waals surface area contributed by atoms with Crippen LogP contribution in [0.5, 0.6) is 5.06 Å². The molecule has 2 atom stereocenters.